The fraction of sp³-hybridized carbons (Fsp3) is 0.308. The highest BCUT2D eigenvalue weighted by Crippen LogP contribution is 2.14. The van der Waals surface area contributed by atoms with Crippen molar-refractivity contribution in [3.63, 3.8) is 0 Å². The van der Waals surface area contributed by atoms with Crippen molar-refractivity contribution in [2.45, 2.75) is 110 Å². The second-order valence-corrected chi connectivity index (χ2v) is 34.7. The molecule has 39 heteroatoms. The first kappa shape index (κ1) is 113. The number of rotatable bonds is 6. The molecule has 0 atom stereocenters. The maximum atomic E-state index is 10.4. The number of nitrogens with two attached hydrogens (primary N) is 6. The quantitative estimate of drug-likeness (QED) is 0.0858. The Hall–Kier alpha value is -8.16. The van der Waals surface area contributed by atoms with Crippen molar-refractivity contribution in [1.82, 2.24) is 9.80 Å². The van der Waals surface area contributed by atoms with Crippen LogP contribution in [0.5, 0.6) is 0 Å². The predicted molar refractivity (Wildman–Crippen MR) is 435 cm³/mol. The van der Waals surface area contributed by atoms with Crippen LogP contribution in [0.1, 0.15) is 66.8 Å². The molecule has 9 aromatic rings. The van der Waals surface area contributed by atoms with Gasteiger partial charge in [0.1, 0.15) is 100.0 Å². The molecule has 21 rings (SSSR count). The second-order valence-electron chi connectivity index (χ2n) is 26.4. The van der Waals surface area contributed by atoms with Gasteiger partial charge in [-0.3, -0.25) is 9.80 Å². The van der Waals surface area contributed by atoms with Gasteiger partial charge >= 0.3 is 0 Å². The van der Waals surface area contributed by atoms with Crippen molar-refractivity contribution in [3.8, 4) is 0 Å². The Morgan fingerprint density at radius 2 is 0.299 bits per heavy atom. The van der Waals surface area contributed by atoms with Crippen molar-refractivity contribution >= 4 is 60.7 Å². The molecule has 0 aromatic heterocycles. The van der Waals surface area contributed by atoms with Crippen LogP contribution in [0.15, 0.2) is 248 Å². The zero-order chi connectivity index (χ0) is 81.0. The van der Waals surface area contributed by atoms with Gasteiger partial charge in [0.05, 0.1) is 68.6 Å². The summed E-state index contributed by atoms with van der Waals surface area (Å²) >= 11 is 0. The van der Waals surface area contributed by atoms with Crippen LogP contribution in [0.2, 0.25) is 0 Å². The first-order chi connectivity index (χ1) is 51.8. The van der Waals surface area contributed by atoms with Gasteiger partial charge in [-0.15, -0.1) is 0 Å². The van der Waals surface area contributed by atoms with E-state index in [-0.39, 0.29) is 67.7 Å². The zero-order valence-corrected chi connectivity index (χ0v) is 71.1. The number of hydrogen-bond donors (Lipinski definition) is 6. The summed E-state index contributed by atoms with van der Waals surface area (Å²) in [4.78, 5) is 4.29. The van der Waals surface area contributed by atoms with E-state index in [0.717, 1.165) is 151 Å². The van der Waals surface area contributed by atoms with E-state index in [1.54, 1.807) is 72.8 Å². The summed E-state index contributed by atoms with van der Waals surface area (Å²) in [5.74, 6) is 0. The van der Waals surface area contributed by atoms with Crippen LogP contribution >= 0.6 is 0 Å². The first-order valence-corrected chi connectivity index (χ1v) is 44.0. The van der Waals surface area contributed by atoms with Gasteiger partial charge in [-0.2, -0.15) is 0 Å². The van der Waals surface area contributed by atoms with Gasteiger partial charge in [0.25, 0.3) is 0 Å². The van der Waals surface area contributed by atoms with Crippen molar-refractivity contribution in [1.29, 1.82) is 0 Å². The van der Waals surface area contributed by atoms with E-state index >= 15 is 0 Å². The summed E-state index contributed by atoms with van der Waals surface area (Å²) in [6.07, 6.45) is 0. The third-order valence-corrected chi connectivity index (χ3v) is 22.2. The third-order valence-electron chi connectivity index (χ3n) is 17.1. The van der Waals surface area contributed by atoms with E-state index in [1.807, 2.05) is 41.5 Å². The molecule has 117 heavy (non-hydrogen) atoms. The zero-order valence-electron chi connectivity index (χ0n) is 66.2. The second kappa shape index (κ2) is 56.3. The summed E-state index contributed by atoms with van der Waals surface area (Å²) in [7, 11) is -25.6. The standard InChI is InChI=1S/C36H54N8.6C7H8O3S.7H2O/c1-2-32-4-3-31(1)25-37-13-19-43-21-15-39-27-33-5-9-35(10-6-33)29-41-17-23-44(20-14-38-26-32)24-18-42-30-36-11-7-34(8-12-36)28-40-16-22-43;6*1-6-2-4-7(5-3-6)11(8,9)10;;;;;;;/h1-12,37-42H,13-30H2;6*2-5H,1H3,(H,8,9,10);7*1H2. The van der Waals surface area contributed by atoms with E-state index in [1.165, 1.54) is 106 Å². The fourth-order valence-electron chi connectivity index (χ4n) is 10.6. The van der Waals surface area contributed by atoms with Crippen molar-refractivity contribution in [2.75, 3.05) is 78.5 Å². The minimum Gasteiger partial charge on any atom is -0.744 e. The molecule has 9 aromatic carbocycles. The Morgan fingerprint density at radius 3 is 0.393 bits per heavy atom. The monoisotopic (exact) mass is 1760 g/mol. The molecule has 12 aliphatic heterocycles. The molecule has 26 N–H and O–H groups in total. The fourth-order valence-corrected chi connectivity index (χ4v) is 13.4. The highest BCUT2D eigenvalue weighted by molar-refractivity contribution is 7.87. The summed E-state index contributed by atoms with van der Waals surface area (Å²) in [5, 5.41) is 14.9. The Labute approximate surface area is 688 Å². The summed E-state index contributed by atoms with van der Waals surface area (Å²) < 4.78 is 187. The first-order valence-electron chi connectivity index (χ1n) is 35.5. The lowest BCUT2D eigenvalue weighted by Crippen LogP contribution is -2.87. The van der Waals surface area contributed by atoms with E-state index in [0.29, 0.717) is 0 Å². The molecule has 0 saturated heterocycles. The Balaban J connectivity index is -0.00000146. The summed E-state index contributed by atoms with van der Waals surface area (Å²) in [6.45, 7) is 31.0. The maximum Gasteiger partial charge on any atom is 0.124 e. The Morgan fingerprint density at radius 1 is 0.197 bits per heavy atom. The number of benzene rings is 9. The molecule has 654 valence electrons. The van der Waals surface area contributed by atoms with Crippen LogP contribution in [-0.4, -0.2) is 204 Å². The number of aryl methyl sites for hydroxylation is 6. The normalized spacial score (nSPS) is 15.0. The molecule has 12 heterocycles. The molecule has 8 bridgehead atoms. The third kappa shape index (κ3) is 47.3. The molecule has 12 aliphatic rings. The van der Waals surface area contributed by atoms with E-state index in [2.05, 4.69) is 114 Å². The topological polar surface area (TPSA) is 670 Å². The van der Waals surface area contributed by atoms with Crippen LogP contribution in [0.3, 0.4) is 0 Å². The minimum absolute atomic E-state index is 0. The van der Waals surface area contributed by atoms with E-state index in [9.17, 15) is 77.8 Å². The highest BCUT2D eigenvalue weighted by Gasteiger charge is 2.13. The van der Waals surface area contributed by atoms with Gasteiger partial charge in [-0.05, 0) is 114 Å². The van der Waals surface area contributed by atoms with Crippen molar-refractivity contribution in [2.24, 2.45) is 0 Å². The molecule has 0 saturated carbocycles. The maximum absolute atomic E-state index is 10.4. The Kier molecular flexibility index (Phi) is 54.4. The van der Waals surface area contributed by atoms with Gasteiger partial charge in [0.2, 0.25) is 0 Å². The lowest BCUT2D eigenvalue weighted by Gasteiger charge is -2.20. The minimum atomic E-state index is -4.27. The van der Waals surface area contributed by atoms with Gasteiger partial charge in [0, 0.05) is 72.6 Å². The van der Waals surface area contributed by atoms with Crippen LogP contribution in [-0.2, 0) is 100.0 Å². The molecule has 0 unspecified atom stereocenters. The van der Waals surface area contributed by atoms with Gasteiger partial charge in [-0.25, -0.2) is 50.5 Å². The van der Waals surface area contributed by atoms with Gasteiger partial charge < -0.3 is 97.6 Å². The van der Waals surface area contributed by atoms with Crippen LogP contribution in [0.25, 0.3) is 0 Å². The van der Waals surface area contributed by atoms with E-state index in [4.69, 9.17) is 0 Å². The largest absolute Gasteiger partial charge is 0.744 e. The summed E-state index contributed by atoms with van der Waals surface area (Å²) in [6, 6.07) is 62.8. The van der Waals surface area contributed by atoms with Crippen LogP contribution in [0.4, 0.5) is 0 Å². The SMILES string of the molecule is Cc1ccc(S(=O)(=O)[O-])cc1.Cc1ccc(S(=O)(=O)[O-])cc1.Cc1ccc(S(=O)(=O)[O-])cc1.Cc1ccc(S(=O)(=O)[O-])cc1.Cc1ccc(S(=O)(=O)[O-])cc1.Cc1ccc(S(=O)(=O)[O-])cc1.O.O.O.O.O.O.O.c1cc2ccc1C[NH2+]CCN1CC[NH2+]Cc3ccc(cc3)C[NH2+]CCN(CC[NH2+]C2)CC[NH2+]Cc2ccc(cc2)C[NH2+]CC1. The van der Waals surface area contributed by atoms with Crippen molar-refractivity contribution in [3.05, 3.63) is 285 Å². The summed E-state index contributed by atoms with van der Waals surface area (Å²) in [5.41, 5.74) is 14.2. The van der Waals surface area contributed by atoms with Gasteiger partial charge in [-0.1, -0.05) is 179 Å². The number of hydrogen-bond acceptors (Lipinski definition) is 20. The number of quaternary nitrogens is 6. The lowest BCUT2D eigenvalue weighted by molar-refractivity contribution is -0.679. The van der Waals surface area contributed by atoms with Crippen LogP contribution < -0.4 is 31.9 Å². The smallest absolute Gasteiger partial charge is 0.124 e. The highest BCUT2D eigenvalue weighted by atomic mass is 32.2. The van der Waals surface area contributed by atoms with Crippen molar-refractivity contribution < 1.29 is 148 Å². The molecule has 0 spiro atoms. The molecule has 33 nitrogen and oxygen atoms in total. The van der Waals surface area contributed by atoms with E-state index < -0.39 is 60.7 Å². The Bertz CT molecular complexity index is 4130. The molecule has 0 amide bonds. The average molecular weight is 1760 g/mol. The lowest BCUT2D eigenvalue weighted by atomic mass is 10.1. The molecule has 0 fully saturated rings. The number of nitrogens with zero attached hydrogens (tertiary/aromatic N) is 2. The van der Waals surface area contributed by atoms with Gasteiger partial charge in [0.15, 0.2) is 0 Å². The molecule has 0 aliphatic carbocycles. The molecule has 0 radical (unpaired) electrons. The average Bonchev–Trinajstić information content (AvgIpc) is 0.889. The molecular weight excluding hydrogens is 1640 g/mol. The predicted octanol–water partition coefficient (Wildman–Crippen LogP) is -4.28. The van der Waals surface area contributed by atoms with Crippen LogP contribution in [0, 0.1) is 41.5 Å². The molecular formula is C78H116N8O25S6.